The zero-order chi connectivity index (χ0) is 13.8. The number of rotatable bonds is 7. The van der Waals surface area contributed by atoms with Crippen LogP contribution in [0.1, 0.15) is 38.6 Å². The van der Waals surface area contributed by atoms with Crippen LogP contribution in [0.2, 0.25) is 0 Å². The smallest absolute Gasteiger partial charge is 0.303 e. The van der Waals surface area contributed by atoms with Gasteiger partial charge in [0.2, 0.25) is 0 Å². The van der Waals surface area contributed by atoms with E-state index in [-0.39, 0.29) is 17.9 Å². The lowest BCUT2D eigenvalue weighted by Crippen LogP contribution is -2.25. The molecule has 1 atom stereocenters. The van der Waals surface area contributed by atoms with Gasteiger partial charge in [-0.05, 0) is 25.2 Å². The third-order valence-corrected chi connectivity index (χ3v) is 3.28. The van der Waals surface area contributed by atoms with Crippen LogP contribution in [-0.2, 0) is 4.79 Å². The van der Waals surface area contributed by atoms with Crippen molar-refractivity contribution in [2.45, 2.75) is 38.6 Å². The molecule has 1 fully saturated rings. The Labute approximate surface area is 111 Å². The second-order valence-electron chi connectivity index (χ2n) is 5.14. The zero-order valence-electron chi connectivity index (χ0n) is 11.0. The zero-order valence-corrected chi connectivity index (χ0v) is 11.0. The molecule has 6 nitrogen and oxygen atoms in total. The summed E-state index contributed by atoms with van der Waals surface area (Å²) in [4.78, 5) is 26.6. The fraction of sp³-hybridized carbons (Fsp3) is 0.615. The fourth-order valence-corrected chi connectivity index (χ4v) is 1.93. The number of hydrogen-bond acceptors (Lipinski definition) is 4. The van der Waals surface area contributed by atoms with E-state index in [1.165, 1.54) is 0 Å². The van der Waals surface area contributed by atoms with E-state index in [2.05, 4.69) is 10.3 Å². The molecular weight excluding hydrogens is 246 g/mol. The van der Waals surface area contributed by atoms with Gasteiger partial charge in [0, 0.05) is 31.4 Å². The fourth-order valence-electron chi connectivity index (χ4n) is 1.93. The summed E-state index contributed by atoms with van der Waals surface area (Å²) in [6.45, 7) is 2.52. The molecule has 0 aromatic carbocycles. The number of carboxylic acids is 1. The molecule has 1 heterocycles. The molecule has 1 unspecified atom stereocenters. The highest BCUT2D eigenvalue weighted by Crippen LogP contribution is 2.33. The van der Waals surface area contributed by atoms with E-state index in [9.17, 15) is 9.59 Å². The SMILES string of the molecule is CC(CCC(=O)O)CNc1nccn(C2CC2)c1=O. The second kappa shape index (κ2) is 5.86. The Morgan fingerprint density at radius 3 is 3.00 bits per heavy atom. The van der Waals surface area contributed by atoms with Crippen molar-refractivity contribution in [3.8, 4) is 0 Å². The maximum atomic E-state index is 12.1. The van der Waals surface area contributed by atoms with Gasteiger partial charge in [0.25, 0.3) is 5.56 Å². The average Bonchev–Trinajstić information content (AvgIpc) is 3.19. The highest BCUT2D eigenvalue weighted by Gasteiger charge is 2.25. The molecule has 0 aliphatic heterocycles. The Morgan fingerprint density at radius 1 is 1.63 bits per heavy atom. The van der Waals surface area contributed by atoms with E-state index in [1.807, 2.05) is 6.92 Å². The molecule has 0 spiro atoms. The van der Waals surface area contributed by atoms with Gasteiger partial charge in [-0.15, -0.1) is 0 Å². The van der Waals surface area contributed by atoms with Gasteiger partial charge in [-0.2, -0.15) is 0 Å². The quantitative estimate of drug-likeness (QED) is 0.780. The highest BCUT2D eigenvalue weighted by molar-refractivity contribution is 5.66. The van der Waals surface area contributed by atoms with E-state index in [0.29, 0.717) is 24.8 Å². The molecule has 0 amide bonds. The lowest BCUT2D eigenvalue weighted by Gasteiger charge is -2.12. The molecule has 1 aliphatic rings. The number of nitrogens with zero attached hydrogens (tertiary/aromatic N) is 2. The van der Waals surface area contributed by atoms with Crippen LogP contribution in [0.25, 0.3) is 0 Å². The molecule has 1 aromatic heterocycles. The van der Waals surface area contributed by atoms with Gasteiger partial charge in [0.15, 0.2) is 5.82 Å². The van der Waals surface area contributed by atoms with Crippen LogP contribution >= 0.6 is 0 Å². The van der Waals surface area contributed by atoms with Gasteiger partial charge >= 0.3 is 5.97 Å². The number of hydrogen-bond donors (Lipinski definition) is 2. The first-order valence-electron chi connectivity index (χ1n) is 6.60. The minimum Gasteiger partial charge on any atom is -0.481 e. The minimum absolute atomic E-state index is 0.0876. The number of aromatic nitrogens is 2. The first-order valence-corrected chi connectivity index (χ1v) is 6.60. The van der Waals surface area contributed by atoms with Gasteiger partial charge in [0.1, 0.15) is 0 Å². The topological polar surface area (TPSA) is 84.2 Å². The van der Waals surface area contributed by atoms with Crippen molar-refractivity contribution in [1.29, 1.82) is 0 Å². The highest BCUT2D eigenvalue weighted by atomic mass is 16.4. The molecule has 1 saturated carbocycles. The summed E-state index contributed by atoms with van der Waals surface area (Å²) in [7, 11) is 0. The molecule has 19 heavy (non-hydrogen) atoms. The van der Waals surface area contributed by atoms with E-state index >= 15 is 0 Å². The van der Waals surface area contributed by atoms with Gasteiger partial charge < -0.3 is 15.0 Å². The van der Waals surface area contributed by atoms with Crippen molar-refractivity contribution >= 4 is 11.8 Å². The third kappa shape index (κ3) is 3.81. The van der Waals surface area contributed by atoms with E-state index in [0.717, 1.165) is 12.8 Å². The summed E-state index contributed by atoms with van der Waals surface area (Å²) in [5, 5.41) is 11.6. The van der Waals surface area contributed by atoms with Crippen LogP contribution in [0.3, 0.4) is 0 Å². The molecule has 0 bridgehead atoms. The van der Waals surface area contributed by atoms with Crippen LogP contribution < -0.4 is 10.9 Å². The van der Waals surface area contributed by atoms with Crippen molar-refractivity contribution in [2.24, 2.45) is 5.92 Å². The van der Waals surface area contributed by atoms with Gasteiger partial charge in [-0.25, -0.2) is 4.98 Å². The van der Waals surface area contributed by atoms with E-state index in [4.69, 9.17) is 5.11 Å². The largest absolute Gasteiger partial charge is 0.481 e. The normalized spacial score (nSPS) is 16.1. The van der Waals surface area contributed by atoms with Crippen molar-refractivity contribution in [2.75, 3.05) is 11.9 Å². The minimum atomic E-state index is -0.791. The summed E-state index contributed by atoms with van der Waals surface area (Å²) in [5.74, 6) is -0.246. The lowest BCUT2D eigenvalue weighted by molar-refractivity contribution is -0.137. The number of carboxylic acid groups (broad SMARTS) is 1. The van der Waals surface area contributed by atoms with E-state index < -0.39 is 5.97 Å². The maximum absolute atomic E-state index is 12.1. The first-order chi connectivity index (χ1) is 9.08. The number of aliphatic carboxylic acids is 1. The van der Waals surface area contributed by atoms with Crippen LogP contribution in [0.4, 0.5) is 5.82 Å². The Balaban J connectivity index is 1.90. The molecule has 2 rings (SSSR count). The molecule has 1 aromatic rings. The molecule has 104 valence electrons. The summed E-state index contributed by atoms with van der Waals surface area (Å²) in [6, 6.07) is 0.334. The van der Waals surface area contributed by atoms with Gasteiger partial charge in [0.05, 0.1) is 0 Å². The molecule has 0 saturated heterocycles. The van der Waals surface area contributed by atoms with Crippen molar-refractivity contribution in [3.05, 3.63) is 22.7 Å². The van der Waals surface area contributed by atoms with Crippen LogP contribution in [-0.4, -0.2) is 27.2 Å². The molecule has 1 aliphatic carbocycles. The van der Waals surface area contributed by atoms with Crippen molar-refractivity contribution in [3.63, 3.8) is 0 Å². The van der Waals surface area contributed by atoms with Crippen molar-refractivity contribution < 1.29 is 9.90 Å². The monoisotopic (exact) mass is 265 g/mol. The molecule has 6 heteroatoms. The van der Waals surface area contributed by atoms with E-state index in [1.54, 1.807) is 17.0 Å². The van der Waals surface area contributed by atoms with Gasteiger partial charge in [-0.3, -0.25) is 9.59 Å². The number of anilines is 1. The summed E-state index contributed by atoms with van der Waals surface area (Å²) >= 11 is 0. The van der Waals surface area contributed by atoms with Gasteiger partial charge in [-0.1, -0.05) is 6.92 Å². The molecule has 2 N–H and O–H groups in total. The third-order valence-electron chi connectivity index (χ3n) is 3.28. The standard InChI is InChI=1S/C13H19N3O3/c1-9(2-5-11(17)18)8-15-12-13(19)16(7-6-14-12)10-3-4-10/h6-7,9-10H,2-5,8H2,1H3,(H,14,15)(H,17,18). The lowest BCUT2D eigenvalue weighted by atomic mass is 10.1. The predicted octanol–water partition coefficient (Wildman–Crippen LogP) is 1.49. The Morgan fingerprint density at radius 2 is 2.37 bits per heavy atom. The average molecular weight is 265 g/mol. The summed E-state index contributed by atoms with van der Waals surface area (Å²) < 4.78 is 1.72. The van der Waals surface area contributed by atoms with Crippen LogP contribution in [0, 0.1) is 5.92 Å². The maximum Gasteiger partial charge on any atom is 0.303 e. The van der Waals surface area contributed by atoms with Crippen LogP contribution in [0.15, 0.2) is 17.2 Å². The Hall–Kier alpha value is -1.85. The molecular formula is C13H19N3O3. The predicted molar refractivity (Wildman–Crippen MR) is 71.3 cm³/mol. The number of carbonyl (C=O) groups is 1. The Bertz CT molecular complexity index is 508. The van der Waals surface area contributed by atoms with Crippen molar-refractivity contribution in [1.82, 2.24) is 9.55 Å². The Kier molecular flexibility index (Phi) is 4.19. The van der Waals surface area contributed by atoms with Crippen LogP contribution in [0.5, 0.6) is 0 Å². The summed E-state index contributed by atoms with van der Waals surface area (Å²) in [6.07, 6.45) is 6.20. The summed E-state index contributed by atoms with van der Waals surface area (Å²) in [5.41, 5.74) is -0.0876. The number of nitrogens with one attached hydrogen (secondary N) is 1. The second-order valence-corrected chi connectivity index (χ2v) is 5.14. The first kappa shape index (κ1) is 13.6. The molecule has 0 radical (unpaired) electrons.